The number of hydrogen-bond acceptors (Lipinski definition) is 6. The summed E-state index contributed by atoms with van der Waals surface area (Å²) < 4.78 is 15.2. The number of esters is 2. The van der Waals surface area contributed by atoms with Crippen LogP contribution in [-0.2, 0) is 25.6 Å². The van der Waals surface area contributed by atoms with E-state index in [-0.39, 0.29) is 19.6 Å². The second-order valence-corrected chi connectivity index (χ2v) is 6.39. The lowest BCUT2D eigenvalue weighted by molar-refractivity contribution is -0.148. The predicted molar refractivity (Wildman–Crippen MR) is 106 cm³/mol. The van der Waals surface area contributed by atoms with Crippen LogP contribution in [0.2, 0.25) is 0 Å². The van der Waals surface area contributed by atoms with Crippen molar-refractivity contribution >= 4 is 17.8 Å². The van der Waals surface area contributed by atoms with Crippen molar-refractivity contribution in [2.24, 2.45) is 0 Å². The Morgan fingerprint density at radius 2 is 1.79 bits per heavy atom. The van der Waals surface area contributed by atoms with Crippen LogP contribution in [0.25, 0.3) is 0 Å². The van der Waals surface area contributed by atoms with E-state index in [4.69, 9.17) is 9.47 Å². The first-order chi connectivity index (χ1) is 14.0. The van der Waals surface area contributed by atoms with Crippen LogP contribution in [0, 0.1) is 6.92 Å². The zero-order chi connectivity index (χ0) is 21.1. The summed E-state index contributed by atoms with van der Waals surface area (Å²) in [7, 11) is 1.31. The van der Waals surface area contributed by atoms with E-state index >= 15 is 0 Å². The van der Waals surface area contributed by atoms with Crippen molar-refractivity contribution in [3.05, 3.63) is 65.2 Å². The first-order valence-electron chi connectivity index (χ1n) is 9.27. The van der Waals surface area contributed by atoms with E-state index in [9.17, 15) is 14.4 Å². The van der Waals surface area contributed by atoms with Gasteiger partial charge in [0.25, 0.3) is 5.91 Å². The number of carbonyl (C=O) groups excluding carboxylic acids is 3. The van der Waals surface area contributed by atoms with Crippen LogP contribution >= 0.6 is 0 Å². The molecule has 0 radical (unpaired) electrons. The number of methoxy groups -OCH3 is 1. The minimum absolute atomic E-state index is 0.175. The molecule has 0 bridgehead atoms. The molecule has 0 spiro atoms. The molecule has 0 aliphatic carbocycles. The molecule has 0 atom stereocenters. The largest absolute Gasteiger partial charge is 0.494 e. The molecule has 1 amide bonds. The van der Waals surface area contributed by atoms with Gasteiger partial charge in [-0.2, -0.15) is 0 Å². The third kappa shape index (κ3) is 8.04. The maximum Gasteiger partial charge on any atom is 0.337 e. The lowest BCUT2D eigenvalue weighted by Gasteiger charge is -2.08. The van der Waals surface area contributed by atoms with E-state index in [1.807, 2.05) is 31.2 Å². The van der Waals surface area contributed by atoms with Gasteiger partial charge in [-0.05, 0) is 48.7 Å². The molecule has 154 valence electrons. The average molecular weight is 399 g/mol. The minimum atomic E-state index is -0.449. The summed E-state index contributed by atoms with van der Waals surface area (Å²) in [5.41, 5.74) is 2.35. The zero-order valence-electron chi connectivity index (χ0n) is 16.6. The molecular weight excluding hydrogens is 374 g/mol. The fourth-order valence-corrected chi connectivity index (χ4v) is 2.46. The van der Waals surface area contributed by atoms with Gasteiger partial charge in [-0.15, -0.1) is 0 Å². The molecule has 7 heteroatoms. The van der Waals surface area contributed by atoms with Crippen molar-refractivity contribution < 1.29 is 28.6 Å². The van der Waals surface area contributed by atoms with Crippen molar-refractivity contribution in [2.75, 3.05) is 20.3 Å². The fourth-order valence-electron chi connectivity index (χ4n) is 2.46. The number of ether oxygens (including phenoxy) is 3. The molecule has 2 aromatic carbocycles. The van der Waals surface area contributed by atoms with E-state index < -0.39 is 17.8 Å². The molecule has 1 N–H and O–H groups in total. The second kappa shape index (κ2) is 11.5. The van der Waals surface area contributed by atoms with Crippen molar-refractivity contribution in [1.29, 1.82) is 0 Å². The van der Waals surface area contributed by atoms with Crippen LogP contribution in [0.1, 0.15) is 34.3 Å². The van der Waals surface area contributed by atoms with Gasteiger partial charge in [0.1, 0.15) is 5.75 Å². The standard InChI is InChI=1S/C22H25NO6/c1-16-5-3-6-19(13-16)28-12-4-7-21(25)29-15-20(24)23-14-17-8-10-18(11-9-17)22(26)27-2/h3,5-6,8-11,13H,4,7,12,14-15H2,1-2H3,(H,23,24). The van der Waals surface area contributed by atoms with Gasteiger partial charge >= 0.3 is 11.9 Å². The Bertz CT molecular complexity index is 831. The number of benzene rings is 2. The van der Waals surface area contributed by atoms with Gasteiger partial charge in [-0.3, -0.25) is 9.59 Å². The highest BCUT2D eigenvalue weighted by Gasteiger charge is 2.09. The average Bonchev–Trinajstić information content (AvgIpc) is 2.73. The molecular formula is C22H25NO6. The molecule has 0 saturated carbocycles. The van der Waals surface area contributed by atoms with Gasteiger partial charge in [-0.1, -0.05) is 24.3 Å². The van der Waals surface area contributed by atoms with E-state index in [2.05, 4.69) is 10.1 Å². The van der Waals surface area contributed by atoms with Gasteiger partial charge < -0.3 is 19.5 Å². The van der Waals surface area contributed by atoms with Crippen molar-refractivity contribution in [1.82, 2.24) is 5.32 Å². The molecule has 7 nitrogen and oxygen atoms in total. The number of nitrogens with one attached hydrogen (secondary N) is 1. The van der Waals surface area contributed by atoms with Gasteiger partial charge in [0.15, 0.2) is 6.61 Å². The Hall–Kier alpha value is -3.35. The minimum Gasteiger partial charge on any atom is -0.494 e. The summed E-state index contributed by atoms with van der Waals surface area (Å²) in [6.07, 6.45) is 0.676. The first-order valence-corrected chi connectivity index (χ1v) is 9.27. The molecule has 0 fully saturated rings. The summed E-state index contributed by atoms with van der Waals surface area (Å²) in [5, 5.41) is 2.65. The molecule has 29 heavy (non-hydrogen) atoms. The van der Waals surface area contributed by atoms with E-state index in [1.54, 1.807) is 24.3 Å². The Balaban J connectivity index is 1.59. The van der Waals surface area contributed by atoms with E-state index in [0.29, 0.717) is 18.6 Å². The highest BCUT2D eigenvalue weighted by molar-refractivity contribution is 5.89. The van der Waals surface area contributed by atoms with Crippen LogP contribution in [0.5, 0.6) is 5.75 Å². The predicted octanol–water partition coefficient (Wildman–Crippen LogP) is 2.80. The molecule has 2 rings (SSSR count). The zero-order valence-corrected chi connectivity index (χ0v) is 16.6. The fraction of sp³-hybridized carbons (Fsp3) is 0.318. The van der Waals surface area contributed by atoms with E-state index in [1.165, 1.54) is 7.11 Å². The molecule has 0 saturated heterocycles. The van der Waals surface area contributed by atoms with Gasteiger partial charge in [0.2, 0.25) is 0 Å². The Labute approximate surface area is 170 Å². The van der Waals surface area contributed by atoms with Gasteiger partial charge in [-0.25, -0.2) is 4.79 Å². The van der Waals surface area contributed by atoms with Crippen LogP contribution in [-0.4, -0.2) is 38.2 Å². The number of rotatable bonds is 10. The first kappa shape index (κ1) is 21.9. The van der Waals surface area contributed by atoms with E-state index in [0.717, 1.165) is 16.9 Å². The smallest absolute Gasteiger partial charge is 0.337 e. The maximum absolute atomic E-state index is 11.8. The maximum atomic E-state index is 11.8. The van der Waals surface area contributed by atoms with Crippen molar-refractivity contribution in [2.45, 2.75) is 26.3 Å². The highest BCUT2D eigenvalue weighted by Crippen LogP contribution is 2.12. The highest BCUT2D eigenvalue weighted by atomic mass is 16.5. The Morgan fingerprint density at radius 1 is 1.03 bits per heavy atom. The quantitative estimate of drug-likeness (QED) is 0.488. The Morgan fingerprint density at radius 3 is 2.48 bits per heavy atom. The molecule has 0 unspecified atom stereocenters. The molecule has 0 aliphatic rings. The number of hydrogen-bond donors (Lipinski definition) is 1. The van der Waals surface area contributed by atoms with Gasteiger partial charge in [0, 0.05) is 13.0 Å². The summed E-state index contributed by atoms with van der Waals surface area (Å²) >= 11 is 0. The molecule has 2 aromatic rings. The van der Waals surface area contributed by atoms with Crippen LogP contribution in [0.4, 0.5) is 0 Å². The Kier molecular flexibility index (Phi) is 8.69. The summed E-state index contributed by atoms with van der Waals surface area (Å²) in [6, 6.07) is 14.3. The van der Waals surface area contributed by atoms with Crippen molar-refractivity contribution in [3.63, 3.8) is 0 Å². The topological polar surface area (TPSA) is 90.9 Å². The summed E-state index contributed by atoms with van der Waals surface area (Å²) in [5.74, 6) is -0.504. The number of amides is 1. The monoisotopic (exact) mass is 399 g/mol. The lowest BCUT2D eigenvalue weighted by atomic mass is 10.1. The number of carbonyl (C=O) groups is 3. The van der Waals surface area contributed by atoms with Gasteiger partial charge in [0.05, 0.1) is 19.3 Å². The van der Waals surface area contributed by atoms with Crippen LogP contribution in [0.3, 0.4) is 0 Å². The normalized spacial score (nSPS) is 10.1. The van der Waals surface area contributed by atoms with Crippen LogP contribution < -0.4 is 10.1 Å². The summed E-state index contributed by atoms with van der Waals surface area (Å²) in [4.78, 5) is 34.9. The lowest BCUT2D eigenvalue weighted by Crippen LogP contribution is -2.28. The SMILES string of the molecule is COC(=O)c1ccc(CNC(=O)COC(=O)CCCOc2cccc(C)c2)cc1. The molecule has 0 heterocycles. The second-order valence-electron chi connectivity index (χ2n) is 6.39. The number of aryl methyl sites for hydroxylation is 1. The third-order valence-corrected chi connectivity index (χ3v) is 4.01. The molecule has 0 aromatic heterocycles. The third-order valence-electron chi connectivity index (χ3n) is 4.01. The summed E-state index contributed by atoms with van der Waals surface area (Å²) in [6.45, 7) is 2.30. The van der Waals surface area contributed by atoms with Crippen molar-refractivity contribution in [3.8, 4) is 5.75 Å². The molecule has 0 aliphatic heterocycles. The van der Waals surface area contributed by atoms with Crippen LogP contribution in [0.15, 0.2) is 48.5 Å².